The Labute approximate surface area is 122 Å². The Morgan fingerprint density at radius 3 is 2.79 bits per heavy atom. The van der Waals surface area contributed by atoms with E-state index in [2.05, 4.69) is 15.9 Å². The Kier molecular flexibility index (Phi) is 4.63. The highest BCUT2D eigenvalue weighted by atomic mass is 79.9. The third-order valence-electron chi connectivity index (χ3n) is 2.41. The Hall–Kier alpha value is -1.30. The SMILES string of the molecule is O=c1cc(CO)occ1OCc1ccc(Br)cc1Cl. The summed E-state index contributed by atoms with van der Waals surface area (Å²) in [5.74, 6) is 0.273. The molecule has 1 heterocycles. The van der Waals surface area contributed by atoms with E-state index in [4.69, 9.17) is 25.9 Å². The first-order valence-corrected chi connectivity index (χ1v) is 6.56. The van der Waals surface area contributed by atoms with Gasteiger partial charge in [0.15, 0.2) is 0 Å². The van der Waals surface area contributed by atoms with Crippen molar-refractivity contribution < 1.29 is 14.3 Å². The maximum Gasteiger partial charge on any atom is 0.227 e. The average molecular weight is 346 g/mol. The fourth-order valence-electron chi connectivity index (χ4n) is 1.42. The second-order valence-corrected chi connectivity index (χ2v) is 5.08. The number of hydrogen-bond acceptors (Lipinski definition) is 4. The lowest BCUT2D eigenvalue weighted by Gasteiger charge is -2.07. The molecule has 0 amide bonds. The largest absolute Gasteiger partial charge is 0.482 e. The highest BCUT2D eigenvalue weighted by molar-refractivity contribution is 9.10. The smallest absolute Gasteiger partial charge is 0.227 e. The minimum Gasteiger partial charge on any atom is -0.482 e. The van der Waals surface area contributed by atoms with Crippen LogP contribution in [0.3, 0.4) is 0 Å². The Morgan fingerprint density at radius 1 is 1.37 bits per heavy atom. The molecule has 0 saturated carbocycles. The van der Waals surface area contributed by atoms with E-state index in [1.807, 2.05) is 6.07 Å². The molecular formula is C13H10BrClO4. The van der Waals surface area contributed by atoms with Crippen LogP contribution >= 0.6 is 27.5 Å². The zero-order chi connectivity index (χ0) is 13.8. The summed E-state index contributed by atoms with van der Waals surface area (Å²) in [6.07, 6.45) is 1.18. The van der Waals surface area contributed by atoms with Gasteiger partial charge in [-0.3, -0.25) is 4.79 Å². The van der Waals surface area contributed by atoms with Crippen LogP contribution in [0.2, 0.25) is 5.02 Å². The predicted molar refractivity (Wildman–Crippen MR) is 74.4 cm³/mol. The number of benzene rings is 1. The van der Waals surface area contributed by atoms with Crippen molar-refractivity contribution >= 4 is 27.5 Å². The standard InChI is InChI=1S/C13H10BrClO4/c14-9-2-1-8(11(15)3-9)6-19-13-7-18-10(5-16)4-12(13)17/h1-4,7,16H,5-6H2. The van der Waals surface area contributed by atoms with Gasteiger partial charge >= 0.3 is 0 Å². The van der Waals surface area contributed by atoms with Crippen LogP contribution in [0.25, 0.3) is 0 Å². The Morgan fingerprint density at radius 2 is 2.16 bits per heavy atom. The van der Waals surface area contributed by atoms with Gasteiger partial charge in [0.05, 0.1) is 0 Å². The van der Waals surface area contributed by atoms with Gasteiger partial charge in [-0.15, -0.1) is 0 Å². The summed E-state index contributed by atoms with van der Waals surface area (Å²) in [7, 11) is 0. The maximum absolute atomic E-state index is 11.6. The first-order chi connectivity index (χ1) is 9.10. The topological polar surface area (TPSA) is 59.7 Å². The first-order valence-electron chi connectivity index (χ1n) is 5.39. The average Bonchev–Trinajstić information content (AvgIpc) is 2.39. The lowest BCUT2D eigenvalue weighted by Crippen LogP contribution is -2.08. The lowest BCUT2D eigenvalue weighted by atomic mass is 10.2. The lowest BCUT2D eigenvalue weighted by molar-refractivity contribution is 0.236. The van der Waals surface area contributed by atoms with Crippen LogP contribution in [0.5, 0.6) is 5.75 Å². The van der Waals surface area contributed by atoms with Gasteiger partial charge < -0.3 is 14.3 Å². The molecule has 0 aliphatic heterocycles. The maximum atomic E-state index is 11.6. The van der Waals surface area contributed by atoms with E-state index in [1.165, 1.54) is 12.3 Å². The van der Waals surface area contributed by atoms with Crippen LogP contribution in [0, 0.1) is 0 Å². The molecular weight excluding hydrogens is 335 g/mol. The third kappa shape index (κ3) is 3.59. The summed E-state index contributed by atoms with van der Waals surface area (Å²) < 4.78 is 11.2. The van der Waals surface area contributed by atoms with E-state index >= 15 is 0 Å². The summed E-state index contributed by atoms with van der Waals surface area (Å²) in [6, 6.07) is 6.58. The molecule has 0 unspecified atom stereocenters. The number of hydrogen-bond donors (Lipinski definition) is 1. The molecule has 0 radical (unpaired) electrons. The number of rotatable bonds is 4. The van der Waals surface area contributed by atoms with Crippen LogP contribution in [0.15, 0.2) is 44.2 Å². The van der Waals surface area contributed by atoms with Crippen molar-refractivity contribution in [2.75, 3.05) is 0 Å². The van der Waals surface area contributed by atoms with Gasteiger partial charge in [0.25, 0.3) is 0 Å². The molecule has 0 spiro atoms. The predicted octanol–water partition coefficient (Wildman–Crippen LogP) is 3.13. The van der Waals surface area contributed by atoms with Gasteiger partial charge in [-0.1, -0.05) is 33.6 Å². The van der Waals surface area contributed by atoms with Gasteiger partial charge in [0, 0.05) is 21.1 Å². The number of ether oxygens (including phenoxy) is 1. The number of aliphatic hydroxyl groups is 1. The summed E-state index contributed by atoms with van der Waals surface area (Å²) in [6.45, 7) is -0.163. The van der Waals surface area contributed by atoms with Crippen molar-refractivity contribution in [1.29, 1.82) is 0 Å². The minimum atomic E-state index is -0.344. The first kappa shape index (κ1) is 14.1. The van der Waals surface area contributed by atoms with Crippen LogP contribution in [0.1, 0.15) is 11.3 Å². The summed E-state index contributed by atoms with van der Waals surface area (Å²) in [5, 5.41) is 9.37. The van der Waals surface area contributed by atoms with Crippen LogP contribution in [-0.2, 0) is 13.2 Å². The number of halogens is 2. The van der Waals surface area contributed by atoms with Gasteiger partial charge in [-0.05, 0) is 12.1 Å². The van der Waals surface area contributed by atoms with Crippen molar-refractivity contribution in [2.24, 2.45) is 0 Å². The van der Waals surface area contributed by atoms with E-state index in [1.54, 1.807) is 12.1 Å². The molecule has 0 fully saturated rings. The molecule has 19 heavy (non-hydrogen) atoms. The summed E-state index contributed by atoms with van der Waals surface area (Å²) in [5.41, 5.74) is 0.416. The molecule has 4 nitrogen and oxygen atoms in total. The fraction of sp³-hybridized carbons (Fsp3) is 0.154. The second kappa shape index (κ2) is 6.23. The molecule has 0 aliphatic rings. The molecule has 2 rings (SSSR count). The molecule has 6 heteroatoms. The molecule has 100 valence electrons. The minimum absolute atomic E-state index is 0.0798. The van der Waals surface area contributed by atoms with E-state index in [9.17, 15) is 4.79 Å². The van der Waals surface area contributed by atoms with E-state index in [-0.39, 0.29) is 30.2 Å². The van der Waals surface area contributed by atoms with Crippen molar-refractivity contribution in [2.45, 2.75) is 13.2 Å². The van der Waals surface area contributed by atoms with Crippen molar-refractivity contribution in [1.82, 2.24) is 0 Å². The van der Waals surface area contributed by atoms with Crippen LogP contribution in [-0.4, -0.2) is 5.11 Å². The van der Waals surface area contributed by atoms with E-state index < -0.39 is 0 Å². The molecule has 0 saturated heterocycles. The molecule has 1 N–H and O–H groups in total. The highest BCUT2D eigenvalue weighted by Gasteiger charge is 2.06. The monoisotopic (exact) mass is 344 g/mol. The zero-order valence-electron chi connectivity index (χ0n) is 9.73. The van der Waals surface area contributed by atoms with E-state index in [0.29, 0.717) is 5.02 Å². The van der Waals surface area contributed by atoms with Gasteiger partial charge in [0.1, 0.15) is 25.2 Å². The third-order valence-corrected chi connectivity index (χ3v) is 3.25. The van der Waals surface area contributed by atoms with Crippen LogP contribution < -0.4 is 10.2 Å². The van der Waals surface area contributed by atoms with Gasteiger partial charge in [0.2, 0.25) is 11.2 Å². The molecule has 0 bridgehead atoms. The van der Waals surface area contributed by atoms with Gasteiger partial charge in [-0.25, -0.2) is 0 Å². The van der Waals surface area contributed by atoms with Crippen molar-refractivity contribution in [3.05, 3.63) is 61.6 Å². The van der Waals surface area contributed by atoms with E-state index in [0.717, 1.165) is 10.0 Å². The van der Waals surface area contributed by atoms with Crippen LogP contribution in [0.4, 0.5) is 0 Å². The van der Waals surface area contributed by atoms with Gasteiger partial charge in [-0.2, -0.15) is 0 Å². The second-order valence-electron chi connectivity index (χ2n) is 3.76. The summed E-state index contributed by atoms with van der Waals surface area (Å²) in [4.78, 5) is 11.6. The molecule has 0 aliphatic carbocycles. The quantitative estimate of drug-likeness (QED) is 0.925. The molecule has 1 aromatic carbocycles. The summed E-state index contributed by atoms with van der Waals surface area (Å²) >= 11 is 9.34. The molecule has 2 aromatic rings. The van der Waals surface area contributed by atoms with Crippen molar-refractivity contribution in [3.8, 4) is 5.75 Å². The van der Waals surface area contributed by atoms with Crippen molar-refractivity contribution in [3.63, 3.8) is 0 Å². The normalized spacial score (nSPS) is 10.5. The Bertz CT molecular complexity index is 639. The fourth-order valence-corrected chi connectivity index (χ4v) is 2.15. The Balaban J connectivity index is 2.12. The molecule has 0 atom stereocenters. The zero-order valence-corrected chi connectivity index (χ0v) is 12.1. The highest BCUT2D eigenvalue weighted by Crippen LogP contribution is 2.22. The number of aliphatic hydroxyl groups excluding tert-OH is 1. The molecule has 1 aromatic heterocycles.